The Labute approximate surface area is 193 Å². The first-order valence-electron chi connectivity index (χ1n) is 8.95. The van der Waals surface area contributed by atoms with Gasteiger partial charge in [-0.2, -0.15) is 0 Å². The lowest BCUT2D eigenvalue weighted by atomic mass is 10.2. The standard InChI is InChI=1S/C20H21BrClN3O4S/c1-12(2)10-29-17-8-3-13(21)9-16(17)19(27)23-20(30)25-24-18(26)11-28-15-6-4-14(22)5-7-15/h3-9,12H,10-11H2,1-2H3,(H,24,26)(H2,23,25,27,30). The molecular formula is C20H21BrClN3O4S. The van der Waals surface area contributed by atoms with Gasteiger partial charge in [0.1, 0.15) is 11.5 Å². The molecule has 30 heavy (non-hydrogen) atoms. The van der Waals surface area contributed by atoms with Crippen LogP contribution in [-0.2, 0) is 4.79 Å². The molecule has 2 amide bonds. The normalized spacial score (nSPS) is 10.3. The Morgan fingerprint density at radius 2 is 1.80 bits per heavy atom. The van der Waals surface area contributed by atoms with Gasteiger partial charge in [-0.25, -0.2) is 0 Å². The molecule has 10 heteroatoms. The Hall–Kier alpha value is -2.36. The zero-order chi connectivity index (χ0) is 22.1. The second kappa shape index (κ2) is 11.7. The summed E-state index contributed by atoms with van der Waals surface area (Å²) in [5, 5.41) is 2.99. The predicted molar refractivity (Wildman–Crippen MR) is 123 cm³/mol. The van der Waals surface area contributed by atoms with Gasteiger partial charge >= 0.3 is 0 Å². The predicted octanol–water partition coefficient (Wildman–Crippen LogP) is 3.85. The second-order valence-electron chi connectivity index (χ2n) is 6.54. The quantitative estimate of drug-likeness (QED) is 0.384. The second-order valence-corrected chi connectivity index (χ2v) is 8.30. The van der Waals surface area contributed by atoms with E-state index in [1.807, 2.05) is 13.8 Å². The molecule has 7 nitrogen and oxygen atoms in total. The van der Waals surface area contributed by atoms with Crippen LogP contribution in [0.2, 0.25) is 5.02 Å². The molecule has 0 aliphatic heterocycles. The van der Waals surface area contributed by atoms with Crippen molar-refractivity contribution in [2.24, 2.45) is 5.92 Å². The van der Waals surface area contributed by atoms with Crippen LogP contribution in [0, 0.1) is 5.92 Å². The van der Waals surface area contributed by atoms with Crippen molar-refractivity contribution in [3.63, 3.8) is 0 Å². The van der Waals surface area contributed by atoms with E-state index in [-0.39, 0.29) is 11.7 Å². The summed E-state index contributed by atoms with van der Waals surface area (Å²) < 4.78 is 11.7. The first-order valence-corrected chi connectivity index (χ1v) is 10.5. The molecule has 0 bridgehead atoms. The Morgan fingerprint density at radius 1 is 1.10 bits per heavy atom. The number of hydrazine groups is 1. The lowest BCUT2D eigenvalue weighted by Gasteiger charge is -2.15. The van der Waals surface area contributed by atoms with Gasteiger partial charge in [-0.1, -0.05) is 41.4 Å². The molecule has 0 aliphatic carbocycles. The van der Waals surface area contributed by atoms with Gasteiger partial charge in [-0.05, 0) is 60.6 Å². The SMILES string of the molecule is CC(C)COc1ccc(Br)cc1C(=O)NC(=S)NNC(=O)COc1ccc(Cl)cc1. The molecule has 3 N–H and O–H groups in total. The lowest BCUT2D eigenvalue weighted by Crippen LogP contribution is -2.49. The van der Waals surface area contributed by atoms with E-state index in [0.29, 0.717) is 34.6 Å². The van der Waals surface area contributed by atoms with Gasteiger partial charge in [-0.15, -0.1) is 0 Å². The average Bonchev–Trinajstić information content (AvgIpc) is 2.70. The van der Waals surface area contributed by atoms with E-state index in [0.717, 1.165) is 4.47 Å². The number of hydrogen-bond acceptors (Lipinski definition) is 5. The number of halogens is 2. The van der Waals surface area contributed by atoms with E-state index < -0.39 is 11.8 Å². The van der Waals surface area contributed by atoms with Crippen molar-refractivity contribution in [2.45, 2.75) is 13.8 Å². The maximum Gasteiger partial charge on any atom is 0.276 e. The summed E-state index contributed by atoms with van der Waals surface area (Å²) in [5.74, 6) is 0.281. The molecule has 0 fully saturated rings. The van der Waals surface area contributed by atoms with Crippen LogP contribution in [0.5, 0.6) is 11.5 Å². The number of nitrogens with one attached hydrogen (secondary N) is 3. The van der Waals surface area contributed by atoms with Gasteiger partial charge in [0, 0.05) is 9.50 Å². The summed E-state index contributed by atoms with van der Waals surface area (Å²) in [4.78, 5) is 24.4. The third-order valence-corrected chi connectivity index (χ3v) is 4.43. The third kappa shape index (κ3) is 8.17. The minimum Gasteiger partial charge on any atom is -0.492 e. The number of ether oxygens (including phenoxy) is 2. The monoisotopic (exact) mass is 513 g/mol. The number of rotatable bonds is 7. The van der Waals surface area contributed by atoms with Crippen LogP contribution >= 0.6 is 39.7 Å². The van der Waals surface area contributed by atoms with Gasteiger partial charge in [0.15, 0.2) is 11.7 Å². The fraction of sp³-hybridized carbons (Fsp3) is 0.250. The Kier molecular flexibility index (Phi) is 9.35. The molecule has 0 saturated heterocycles. The number of carbonyl (C=O) groups is 2. The van der Waals surface area contributed by atoms with Crippen molar-refractivity contribution >= 4 is 56.7 Å². The van der Waals surface area contributed by atoms with Crippen LogP contribution in [0.1, 0.15) is 24.2 Å². The van der Waals surface area contributed by atoms with Crippen molar-refractivity contribution in [3.05, 3.63) is 57.5 Å². The molecule has 2 aromatic carbocycles. The third-order valence-electron chi connectivity index (χ3n) is 3.48. The molecular weight excluding hydrogens is 494 g/mol. The molecule has 0 aromatic heterocycles. The van der Waals surface area contributed by atoms with Crippen LogP contribution < -0.4 is 25.6 Å². The lowest BCUT2D eigenvalue weighted by molar-refractivity contribution is -0.123. The summed E-state index contributed by atoms with van der Waals surface area (Å²) in [6.45, 7) is 4.24. The zero-order valence-corrected chi connectivity index (χ0v) is 19.5. The molecule has 160 valence electrons. The highest BCUT2D eigenvalue weighted by Gasteiger charge is 2.15. The highest BCUT2D eigenvalue weighted by molar-refractivity contribution is 9.10. The summed E-state index contributed by atoms with van der Waals surface area (Å²) in [7, 11) is 0. The van der Waals surface area contributed by atoms with Crippen molar-refractivity contribution in [1.29, 1.82) is 0 Å². The molecule has 0 aliphatic rings. The summed E-state index contributed by atoms with van der Waals surface area (Å²) in [6.07, 6.45) is 0. The minimum absolute atomic E-state index is 0.0744. The summed E-state index contributed by atoms with van der Waals surface area (Å²) >= 11 is 14.2. The topological polar surface area (TPSA) is 88.7 Å². The van der Waals surface area contributed by atoms with Crippen LogP contribution in [0.4, 0.5) is 0 Å². The van der Waals surface area contributed by atoms with E-state index in [2.05, 4.69) is 32.1 Å². The average molecular weight is 515 g/mol. The van der Waals surface area contributed by atoms with Gasteiger partial charge in [0.05, 0.1) is 12.2 Å². The summed E-state index contributed by atoms with van der Waals surface area (Å²) in [5.41, 5.74) is 5.12. The van der Waals surface area contributed by atoms with Crippen LogP contribution in [0.15, 0.2) is 46.9 Å². The zero-order valence-electron chi connectivity index (χ0n) is 16.3. The van der Waals surface area contributed by atoms with Gasteiger partial charge in [0.2, 0.25) is 0 Å². The number of amides is 2. The highest BCUT2D eigenvalue weighted by Crippen LogP contribution is 2.23. The Balaban J connectivity index is 1.84. The molecule has 0 radical (unpaired) electrons. The van der Waals surface area contributed by atoms with Crippen LogP contribution in [0.3, 0.4) is 0 Å². The molecule has 0 spiro atoms. The fourth-order valence-corrected chi connectivity index (χ4v) is 2.74. The highest BCUT2D eigenvalue weighted by atomic mass is 79.9. The molecule has 0 atom stereocenters. The number of carbonyl (C=O) groups excluding carboxylic acids is 2. The van der Waals surface area contributed by atoms with E-state index in [9.17, 15) is 9.59 Å². The summed E-state index contributed by atoms with van der Waals surface area (Å²) in [6, 6.07) is 11.7. The van der Waals surface area contributed by atoms with Crippen molar-refractivity contribution in [3.8, 4) is 11.5 Å². The van der Waals surface area contributed by atoms with E-state index in [1.165, 1.54) is 0 Å². The van der Waals surface area contributed by atoms with Crippen molar-refractivity contribution in [2.75, 3.05) is 13.2 Å². The fourth-order valence-electron chi connectivity index (χ4n) is 2.11. The van der Waals surface area contributed by atoms with E-state index in [1.54, 1.807) is 42.5 Å². The molecule has 2 rings (SSSR count). The van der Waals surface area contributed by atoms with Crippen LogP contribution in [0.25, 0.3) is 0 Å². The van der Waals surface area contributed by atoms with E-state index >= 15 is 0 Å². The maximum absolute atomic E-state index is 12.6. The molecule has 0 saturated carbocycles. The molecule has 2 aromatic rings. The largest absolute Gasteiger partial charge is 0.492 e. The van der Waals surface area contributed by atoms with E-state index in [4.69, 9.17) is 33.3 Å². The minimum atomic E-state index is -0.482. The Bertz CT molecular complexity index is 909. The van der Waals surface area contributed by atoms with Crippen LogP contribution in [-0.4, -0.2) is 30.1 Å². The number of thiocarbonyl (C=S) groups is 1. The van der Waals surface area contributed by atoms with Gasteiger partial charge in [-0.3, -0.25) is 25.8 Å². The molecule has 0 heterocycles. The van der Waals surface area contributed by atoms with Gasteiger partial charge in [0.25, 0.3) is 11.8 Å². The smallest absolute Gasteiger partial charge is 0.276 e. The maximum atomic E-state index is 12.6. The number of hydrogen-bond donors (Lipinski definition) is 3. The number of benzene rings is 2. The van der Waals surface area contributed by atoms with Gasteiger partial charge < -0.3 is 9.47 Å². The first kappa shape index (κ1) is 23.9. The van der Waals surface area contributed by atoms with Crippen molar-refractivity contribution < 1.29 is 19.1 Å². The Morgan fingerprint density at radius 3 is 2.47 bits per heavy atom. The molecule has 0 unspecified atom stereocenters. The van der Waals surface area contributed by atoms with Crippen molar-refractivity contribution in [1.82, 2.24) is 16.2 Å². The first-order chi connectivity index (χ1) is 14.2.